The molecule has 0 bridgehead atoms. The minimum Gasteiger partial charge on any atom is -0.462 e. The second kappa shape index (κ2) is 8.57. The number of nitrogens with one attached hydrogen (secondary N) is 1. The van der Waals surface area contributed by atoms with Gasteiger partial charge < -0.3 is 14.5 Å². The lowest BCUT2D eigenvalue weighted by Crippen LogP contribution is -2.11. The van der Waals surface area contributed by atoms with E-state index in [1.54, 1.807) is 25.1 Å². The van der Waals surface area contributed by atoms with E-state index >= 15 is 0 Å². The zero-order chi connectivity index (χ0) is 21.0. The van der Waals surface area contributed by atoms with E-state index in [-0.39, 0.29) is 23.1 Å². The summed E-state index contributed by atoms with van der Waals surface area (Å²) in [6.45, 7) is 1.99. The Morgan fingerprint density at radius 3 is 2.48 bits per heavy atom. The van der Waals surface area contributed by atoms with Crippen molar-refractivity contribution >= 4 is 34.9 Å². The Morgan fingerprint density at radius 2 is 1.86 bits per heavy atom. The molecule has 0 unspecified atom stereocenters. The Hall–Kier alpha value is -3.65. The molecule has 0 aliphatic carbocycles. The number of rotatable bonds is 6. The maximum atomic E-state index is 12.4. The molecule has 0 aliphatic rings. The predicted octanol–water partition coefficient (Wildman–Crippen LogP) is 4.94. The van der Waals surface area contributed by atoms with Crippen LogP contribution in [0.5, 0.6) is 0 Å². The molecule has 2 aromatic carbocycles. The third-order valence-corrected chi connectivity index (χ3v) is 4.23. The van der Waals surface area contributed by atoms with Gasteiger partial charge in [0.1, 0.15) is 5.76 Å². The molecule has 0 radical (unpaired) electrons. The zero-order valence-electron chi connectivity index (χ0n) is 15.2. The first-order chi connectivity index (χ1) is 13.9. The molecular formula is C20H15ClN2O6. The van der Waals surface area contributed by atoms with Crippen LogP contribution < -0.4 is 5.32 Å². The first-order valence-electron chi connectivity index (χ1n) is 8.51. The predicted molar refractivity (Wildman–Crippen MR) is 106 cm³/mol. The van der Waals surface area contributed by atoms with E-state index in [1.165, 1.54) is 36.4 Å². The number of carbonyl (C=O) groups excluding carboxylic acids is 2. The number of benzene rings is 2. The van der Waals surface area contributed by atoms with E-state index < -0.39 is 16.8 Å². The third-order valence-electron chi connectivity index (χ3n) is 3.91. The van der Waals surface area contributed by atoms with E-state index in [0.29, 0.717) is 22.6 Å². The van der Waals surface area contributed by atoms with Gasteiger partial charge in [0.05, 0.1) is 22.1 Å². The van der Waals surface area contributed by atoms with E-state index in [0.717, 1.165) is 0 Å². The summed E-state index contributed by atoms with van der Waals surface area (Å²) in [6, 6.07) is 13.2. The van der Waals surface area contributed by atoms with Gasteiger partial charge in [0.25, 0.3) is 11.6 Å². The van der Waals surface area contributed by atoms with Gasteiger partial charge in [-0.3, -0.25) is 14.9 Å². The number of hydrogen-bond donors (Lipinski definition) is 1. The molecule has 0 spiro atoms. The summed E-state index contributed by atoms with van der Waals surface area (Å²) in [4.78, 5) is 34.3. The van der Waals surface area contributed by atoms with Crippen LogP contribution in [0.25, 0.3) is 11.3 Å². The highest BCUT2D eigenvalue weighted by Gasteiger charge is 2.17. The molecule has 1 aromatic heterocycles. The van der Waals surface area contributed by atoms with Crippen molar-refractivity contribution in [2.45, 2.75) is 6.92 Å². The normalized spacial score (nSPS) is 10.4. The number of furan rings is 1. The number of hydrogen-bond acceptors (Lipinski definition) is 6. The Labute approximate surface area is 170 Å². The van der Waals surface area contributed by atoms with Crippen LogP contribution >= 0.6 is 11.6 Å². The summed E-state index contributed by atoms with van der Waals surface area (Å²) >= 11 is 6.09. The third kappa shape index (κ3) is 4.61. The highest BCUT2D eigenvalue weighted by molar-refractivity contribution is 6.33. The summed E-state index contributed by atoms with van der Waals surface area (Å²) in [5.74, 6) is -0.615. The van der Waals surface area contributed by atoms with Gasteiger partial charge in [-0.05, 0) is 49.4 Å². The summed E-state index contributed by atoms with van der Waals surface area (Å²) in [5, 5.41) is 13.6. The molecule has 0 saturated heterocycles. The minimum absolute atomic E-state index is 0.0314. The molecule has 0 fully saturated rings. The molecule has 0 atom stereocenters. The molecule has 3 aromatic rings. The number of nitro benzene ring substituents is 1. The lowest BCUT2D eigenvalue weighted by atomic mass is 10.1. The molecule has 9 heteroatoms. The molecule has 3 rings (SSSR count). The SMILES string of the molecule is CCOC(=O)c1ccc(NC(=O)c2ccc(-c3ccc([N+](=O)[O-])cc3Cl)o2)cc1. The van der Waals surface area contributed by atoms with Crippen molar-refractivity contribution in [1.82, 2.24) is 0 Å². The van der Waals surface area contributed by atoms with Crippen LogP contribution in [0.3, 0.4) is 0 Å². The summed E-state index contributed by atoms with van der Waals surface area (Å²) in [7, 11) is 0. The summed E-state index contributed by atoms with van der Waals surface area (Å²) < 4.78 is 10.4. The Morgan fingerprint density at radius 1 is 1.14 bits per heavy atom. The van der Waals surface area contributed by atoms with Crippen LogP contribution in [0.15, 0.2) is 59.0 Å². The lowest BCUT2D eigenvalue weighted by molar-refractivity contribution is -0.384. The Balaban J connectivity index is 1.73. The number of nitro groups is 1. The maximum Gasteiger partial charge on any atom is 0.338 e. The molecule has 8 nitrogen and oxygen atoms in total. The van der Waals surface area contributed by atoms with Crippen molar-refractivity contribution in [3.8, 4) is 11.3 Å². The number of carbonyl (C=O) groups is 2. The topological polar surface area (TPSA) is 112 Å². The molecule has 1 heterocycles. The molecule has 0 aliphatic heterocycles. The standard InChI is InChI=1S/C20H15ClN2O6/c1-2-28-20(25)12-3-5-13(6-4-12)22-19(24)18-10-9-17(29-18)15-8-7-14(23(26)27)11-16(15)21/h3-11H,2H2,1H3,(H,22,24). The number of anilines is 1. The van der Waals surface area contributed by atoms with Gasteiger partial charge in [-0.1, -0.05) is 11.6 Å². The minimum atomic E-state index is -0.552. The van der Waals surface area contributed by atoms with Crippen molar-refractivity contribution in [2.75, 3.05) is 11.9 Å². The number of halogens is 1. The first-order valence-corrected chi connectivity index (χ1v) is 8.89. The van der Waals surface area contributed by atoms with Crippen molar-refractivity contribution in [3.63, 3.8) is 0 Å². The van der Waals surface area contributed by atoms with Crippen molar-refractivity contribution in [3.05, 3.63) is 81.1 Å². The molecule has 1 N–H and O–H groups in total. The van der Waals surface area contributed by atoms with Gasteiger partial charge in [0.15, 0.2) is 5.76 Å². The number of non-ortho nitro benzene ring substituents is 1. The van der Waals surface area contributed by atoms with Gasteiger partial charge in [0, 0.05) is 23.4 Å². The molecule has 148 valence electrons. The first kappa shape index (κ1) is 20.1. The van der Waals surface area contributed by atoms with Gasteiger partial charge in [-0.2, -0.15) is 0 Å². The monoisotopic (exact) mass is 414 g/mol. The van der Waals surface area contributed by atoms with Crippen LogP contribution in [0.1, 0.15) is 27.8 Å². The van der Waals surface area contributed by atoms with Crippen molar-refractivity contribution < 1.29 is 23.7 Å². The Bertz CT molecular complexity index is 1070. The van der Waals surface area contributed by atoms with Crippen LogP contribution in [0.2, 0.25) is 5.02 Å². The van der Waals surface area contributed by atoms with Crippen LogP contribution in [-0.4, -0.2) is 23.4 Å². The number of esters is 1. The second-order valence-corrected chi connectivity index (χ2v) is 6.24. The smallest absolute Gasteiger partial charge is 0.338 e. The van der Waals surface area contributed by atoms with Crippen molar-refractivity contribution in [1.29, 1.82) is 0 Å². The van der Waals surface area contributed by atoms with Gasteiger partial charge >= 0.3 is 5.97 Å². The highest BCUT2D eigenvalue weighted by atomic mass is 35.5. The second-order valence-electron chi connectivity index (χ2n) is 5.84. The van der Waals surface area contributed by atoms with Gasteiger partial charge in [0.2, 0.25) is 0 Å². The summed E-state index contributed by atoms with van der Waals surface area (Å²) in [5.41, 5.74) is 1.12. The van der Waals surface area contributed by atoms with E-state index in [2.05, 4.69) is 5.32 Å². The molecule has 29 heavy (non-hydrogen) atoms. The number of nitrogens with zero attached hydrogens (tertiary/aromatic N) is 1. The number of ether oxygens (including phenoxy) is 1. The van der Waals surface area contributed by atoms with Crippen molar-refractivity contribution in [2.24, 2.45) is 0 Å². The highest BCUT2D eigenvalue weighted by Crippen LogP contribution is 2.32. The average Bonchev–Trinajstić information content (AvgIpc) is 3.18. The van der Waals surface area contributed by atoms with Gasteiger partial charge in [-0.15, -0.1) is 0 Å². The fourth-order valence-corrected chi connectivity index (χ4v) is 2.79. The van der Waals surface area contributed by atoms with E-state index in [4.69, 9.17) is 20.8 Å². The average molecular weight is 415 g/mol. The maximum absolute atomic E-state index is 12.4. The fraction of sp³-hybridized carbons (Fsp3) is 0.100. The van der Waals surface area contributed by atoms with E-state index in [1.807, 2.05) is 0 Å². The summed E-state index contributed by atoms with van der Waals surface area (Å²) in [6.07, 6.45) is 0. The lowest BCUT2D eigenvalue weighted by Gasteiger charge is -2.05. The molecule has 0 saturated carbocycles. The van der Waals surface area contributed by atoms with E-state index in [9.17, 15) is 19.7 Å². The Kier molecular flexibility index (Phi) is 5.94. The molecular weight excluding hydrogens is 400 g/mol. The van der Waals surface area contributed by atoms with Crippen LogP contribution in [0, 0.1) is 10.1 Å². The molecule has 1 amide bonds. The number of amides is 1. The zero-order valence-corrected chi connectivity index (χ0v) is 15.9. The fourth-order valence-electron chi connectivity index (χ4n) is 2.52. The largest absolute Gasteiger partial charge is 0.462 e. The van der Waals surface area contributed by atoms with Crippen LogP contribution in [0.4, 0.5) is 11.4 Å². The van der Waals surface area contributed by atoms with Crippen LogP contribution in [-0.2, 0) is 4.74 Å². The van der Waals surface area contributed by atoms with Gasteiger partial charge in [-0.25, -0.2) is 4.79 Å². The quantitative estimate of drug-likeness (QED) is 0.347.